The largest absolute Gasteiger partial charge is 0.466 e. The smallest absolute Gasteiger partial charge is 0.311 e. The number of rotatable bonds is 5. The minimum atomic E-state index is -0.252. The Morgan fingerprint density at radius 3 is 2.85 bits per heavy atom. The Bertz CT molecular complexity index is 610. The van der Waals surface area contributed by atoms with Gasteiger partial charge in [-0.1, -0.05) is 0 Å². The van der Waals surface area contributed by atoms with Gasteiger partial charge in [0, 0.05) is 11.1 Å². The summed E-state index contributed by atoms with van der Waals surface area (Å²) in [6, 6.07) is 3.92. The molecule has 0 amide bonds. The summed E-state index contributed by atoms with van der Waals surface area (Å²) in [4.78, 5) is 20.1. The molecule has 20 heavy (non-hydrogen) atoms. The van der Waals surface area contributed by atoms with Crippen molar-refractivity contribution in [3.8, 4) is 0 Å². The molecule has 0 aliphatic heterocycles. The van der Waals surface area contributed by atoms with E-state index in [2.05, 4.69) is 15.3 Å². The van der Waals surface area contributed by atoms with Gasteiger partial charge in [0.15, 0.2) is 5.13 Å². The molecule has 2 heterocycles. The molecule has 0 unspecified atom stereocenters. The summed E-state index contributed by atoms with van der Waals surface area (Å²) in [5, 5.41) is 5.82. The summed E-state index contributed by atoms with van der Waals surface area (Å²) in [7, 11) is 0. The molecule has 1 N–H and O–H groups in total. The first-order chi connectivity index (χ1) is 9.58. The van der Waals surface area contributed by atoms with E-state index in [1.807, 2.05) is 31.4 Å². The quantitative estimate of drug-likeness (QED) is 0.858. The molecule has 0 spiro atoms. The number of nitrogens with zero attached hydrogens (tertiary/aromatic N) is 2. The van der Waals surface area contributed by atoms with Crippen molar-refractivity contribution < 1.29 is 9.53 Å². The van der Waals surface area contributed by atoms with Crippen molar-refractivity contribution in [2.75, 3.05) is 11.9 Å². The molecule has 0 bridgehead atoms. The standard InChI is InChI=1S/C14H17N3O2S/c1-4-19-13(18)7-11-8-20-14(16-11)17-12-6-5-9(2)15-10(12)3/h5-6,8H,4,7H2,1-3H3,(H,16,17). The Morgan fingerprint density at radius 1 is 1.35 bits per heavy atom. The van der Waals surface area contributed by atoms with Crippen molar-refractivity contribution in [1.29, 1.82) is 0 Å². The van der Waals surface area contributed by atoms with Gasteiger partial charge in [0.05, 0.1) is 30.1 Å². The number of pyridine rings is 1. The monoisotopic (exact) mass is 291 g/mol. The highest BCUT2D eigenvalue weighted by Gasteiger charge is 2.09. The maximum atomic E-state index is 11.4. The van der Waals surface area contributed by atoms with Crippen molar-refractivity contribution in [1.82, 2.24) is 9.97 Å². The van der Waals surface area contributed by atoms with E-state index in [1.54, 1.807) is 6.92 Å². The molecule has 106 valence electrons. The van der Waals surface area contributed by atoms with E-state index in [0.29, 0.717) is 12.3 Å². The van der Waals surface area contributed by atoms with Gasteiger partial charge >= 0.3 is 5.97 Å². The molecule has 0 fully saturated rings. The topological polar surface area (TPSA) is 64.1 Å². The van der Waals surface area contributed by atoms with E-state index in [1.165, 1.54) is 11.3 Å². The molecule has 0 saturated carbocycles. The highest BCUT2D eigenvalue weighted by atomic mass is 32.1. The Labute approximate surface area is 122 Å². The minimum absolute atomic E-state index is 0.206. The first-order valence-electron chi connectivity index (χ1n) is 6.39. The van der Waals surface area contributed by atoms with Crippen LogP contribution in [0, 0.1) is 13.8 Å². The lowest BCUT2D eigenvalue weighted by Gasteiger charge is -2.06. The third-order valence-corrected chi connectivity index (χ3v) is 3.46. The zero-order valence-electron chi connectivity index (χ0n) is 11.8. The molecule has 6 heteroatoms. The minimum Gasteiger partial charge on any atom is -0.466 e. The maximum absolute atomic E-state index is 11.4. The van der Waals surface area contributed by atoms with Crippen LogP contribution in [-0.2, 0) is 16.0 Å². The number of nitrogens with one attached hydrogen (secondary N) is 1. The molecule has 2 aromatic heterocycles. The predicted octanol–water partition coefficient (Wildman–Crippen LogP) is 3.00. The lowest BCUT2D eigenvalue weighted by Crippen LogP contribution is -2.07. The predicted molar refractivity (Wildman–Crippen MR) is 79.4 cm³/mol. The number of ether oxygens (including phenoxy) is 1. The van der Waals surface area contributed by atoms with E-state index >= 15 is 0 Å². The summed E-state index contributed by atoms with van der Waals surface area (Å²) in [5.74, 6) is -0.252. The van der Waals surface area contributed by atoms with Gasteiger partial charge in [0.1, 0.15) is 0 Å². The summed E-state index contributed by atoms with van der Waals surface area (Å²) < 4.78 is 4.90. The molecule has 0 atom stereocenters. The second-order valence-electron chi connectivity index (χ2n) is 4.34. The lowest BCUT2D eigenvalue weighted by molar-refractivity contribution is -0.142. The van der Waals surface area contributed by atoms with Gasteiger partial charge in [-0.25, -0.2) is 4.98 Å². The molecule has 0 aliphatic carbocycles. The van der Waals surface area contributed by atoms with Crippen LogP contribution in [0.4, 0.5) is 10.8 Å². The number of carbonyl (C=O) groups is 1. The van der Waals surface area contributed by atoms with Crippen LogP contribution in [-0.4, -0.2) is 22.5 Å². The highest BCUT2D eigenvalue weighted by Crippen LogP contribution is 2.23. The molecular weight excluding hydrogens is 274 g/mol. The number of carbonyl (C=O) groups excluding carboxylic acids is 1. The van der Waals surface area contributed by atoms with Crippen LogP contribution >= 0.6 is 11.3 Å². The van der Waals surface area contributed by atoms with Crippen LogP contribution in [0.3, 0.4) is 0 Å². The zero-order valence-corrected chi connectivity index (χ0v) is 12.6. The number of anilines is 2. The number of hydrogen-bond acceptors (Lipinski definition) is 6. The van der Waals surface area contributed by atoms with Crippen LogP contribution < -0.4 is 5.32 Å². The van der Waals surface area contributed by atoms with Gasteiger partial charge in [0.2, 0.25) is 0 Å². The van der Waals surface area contributed by atoms with Gasteiger partial charge in [-0.3, -0.25) is 9.78 Å². The number of hydrogen-bond donors (Lipinski definition) is 1. The van der Waals surface area contributed by atoms with Crippen molar-refractivity contribution >= 4 is 28.1 Å². The normalized spacial score (nSPS) is 10.3. The van der Waals surface area contributed by atoms with E-state index < -0.39 is 0 Å². The first kappa shape index (κ1) is 14.5. The molecule has 2 aromatic rings. The molecule has 0 saturated heterocycles. The van der Waals surface area contributed by atoms with Crippen molar-refractivity contribution in [3.05, 3.63) is 34.6 Å². The molecule has 0 aliphatic rings. The Balaban J connectivity index is 2.04. The van der Waals surface area contributed by atoms with Crippen molar-refractivity contribution in [2.24, 2.45) is 0 Å². The Hall–Kier alpha value is -1.95. The van der Waals surface area contributed by atoms with Crippen molar-refractivity contribution in [2.45, 2.75) is 27.2 Å². The van der Waals surface area contributed by atoms with E-state index in [-0.39, 0.29) is 12.4 Å². The average molecular weight is 291 g/mol. The lowest BCUT2D eigenvalue weighted by atomic mass is 10.3. The van der Waals surface area contributed by atoms with Gasteiger partial charge in [-0.05, 0) is 32.9 Å². The van der Waals surface area contributed by atoms with Gasteiger partial charge < -0.3 is 10.1 Å². The van der Waals surface area contributed by atoms with Crippen LogP contribution in [0.25, 0.3) is 0 Å². The summed E-state index contributed by atoms with van der Waals surface area (Å²) in [6.07, 6.45) is 0.206. The molecule has 0 radical (unpaired) electrons. The second-order valence-corrected chi connectivity index (χ2v) is 5.19. The molecular formula is C14H17N3O2S. The Kier molecular flexibility index (Phi) is 4.68. The number of thiazole rings is 1. The summed E-state index contributed by atoms with van der Waals surface area (Å²) >= 11 is 1.46. The SMILES string of the molecule is CCOC(=O)Cc1csc(Nc2ccc(C)nc2C)n1. The zero-order chi connectivity index (χ0) is 14.5. The summed E-state index contributed by atoms with van der Waals surface area (Å²) in [5.41, 5.74) is 3.55. The van der Waals surface area contributed by atoms with Crippen LogP contribution in [0.1, 0.15) is 24.0 Å². The maximum Gasteiger partial charge on any atom is 0.311 e. The summed E-state index contributed by atoms with van der Waals surface area (Å²) in [6.45, 7) is 6.08. The third kappa shape index (κ3) is 3.77. The van der Waals surface area contributed by atoms with E-state index in [9.17, 15) is 4.79 Å². The van der Waals surface area contributed by atoms with Gasteiger partial charge in [0.25, 0.3) is 0 Å². The number of aryl methyl sites for hydroxylation is 2. The molecule has 5 nitrogen and oxygen atoms in total. The fourth-order valence-corrected chi connectivity index (χ4v) is 2.46. The van der Waals surface area contributed by atoms with Gasteiger partial charge in [-0.15, -0.1) is 11.3 Å². The number of esters is 1. The van der Waals surface area contributed by atoms with Crippen LogP contribution in [0.2, 0.25) is 0 Å². The first-order valence-corrected chi connectivity index (χ1v) is 7.27. The third-order valence-electron chi connectivity index (χ3n) is 2.65. The molecule has 0 aromatic carbocycles. The van der Waals surface area contributed by atoms with Gasteiger partial charge in [-0.2, -0.15) is 0 Å². The highest BCUT2D eigenvalue weighted by molar-refractivity contribution is 7.13. The average Bonchev–Trinajstić information content (AvgIpc) is 2.80. The van der Waals surface area contributed by atoms with E-state index in [0.717, 1.165) is 22.2 Å². The second kappa shape index (κ2) is 6.47. The van der Waals surface area contributed by atoms with Crippen LogP contribution in [0.5, 0.6) is 0 Å². The number of aromatic nitrogens is 2. The van der Waals surface area contributed by atoms with E-state index in [4.69, 9.17) is 4.74 Å². The van der Waals surface area contributed by atoms with Crippen LogP contribution in [0.15, 0.2) is 17.5 Å². The fourth-order valence-electron chi connectivity index (χ4n) is 1.74. The van der Waals surface area contributed by atoms with Crippen molar-refractivity contribution in [3.63, 3.8) is 0 Å². The molecule has 2 rings (SSSR count). The Morgan fingerprint density at radius 2 is 2.15 bits per heavy atom. The fraction of sp³-hybridized carbons (Fsp3) is 0.357.